The lowest BCUT2D eigenvalue weighted by Crippen LogP contribution is -2.54. The highest BCUT2D eigenvalue weighted by molar-refractivity contribution is 5.92. The number of hydrogen-bond donors (Lipinski definition) is 2. The van der Waals surface area contributed by atoms with Gasteiger partial charge in [-0.05, 0) is 65.4 Å². The maximum Gasteiger partial charge on any atom is 0.408 e. The average molecular weight is 504 g/mol. The van der Waals surface area contributed by atoms with Crippen molar-refractivity contribution in [2.45, 2.75) is 118 Å². The SMILES string of the molecule is CCCCN(C(=O)C(CC(C)C)NC(=O)OC(C)(C)C)C(C(=O)NC(C)CCC)c1ccc(C)cc1. The molecule has 3 atom stereocenters. The summed E-state index contributed by atoms with van der Waals surface area (Å²) in [6.45, 7) is 17.9. The molecule has 0 saturated carbocycles. The number of unbranched alkanes of at least 4 members (excludes halogenated alkanes) is 1. The summed E-state index contributed by atoms with van der Waals surface area (Å²) in [6.07, 6.45) is 3.22. The molecule has 0 fully saturated rings. The van der Waals surface area contributed by atoms with E-state index in [2.05, 4.69) is 24.5 Å². The Morgan fingerprint density at radius 2 is 1.58 bits per heavy atom. The van der Waals surface area contributed by atoms with E-state index >= 15 is 0 Å². The van der Waals surface area contributed by atoms with Crippen LogP contribution in [0.4, 0.5) is 4.79 Å². The largest absolute Gasteiger partial charge is 0.444 e. The predicted molar refractivity (Wildman–Crippen MR) is 146 cm³/mol. The number of benzene rings is 1. The molecular formula is C29H49N3O4. The first kappa shape index (κ1) is 31.5. The van der Waals surface area contributed by atoms with Crippen molar-refractivity contribution in [2.24, 2.45) is 5.92 Å². The van der Waals surface area contributed by atoms with E-state index in [1.54, 1.807) is 25.7 Å². The Labute approximate surface area is 218 Å². The number of carbonyl (C=O) groups excluding carboxylic acids is 3. The number of carbonyl (C=O) groups is 3. The van der Waals surface area contributed by atoms with Gasteiger partial charge in [-0.3, -0.25) is 9.59 Å². The fourth-order valence-electron chi connectivity index (χ4n) is 4.09. The fraction of sp³-hybridized carbons (Fsp3) is 0.690. The molecule has 0 spiro atoms. The van der Waals surface area contributed by atoms with Gasteiger partial charge in [-0.15, -0.1) is 0 Å². The van der Waals surface area contributed by atoms with Crippen molar-refractivity contribution < 1.29 is 19.1 Å². The number of rotatable bonds is 13. The molecule has 7 nitrogen and oxygen atoms in total. The molecule has 1 aromatic carbocycles. The van der Waals surface area contributed by atoms with Crippen molar-refractivity contribution in [3.63, 3.8) is 0 Å². The Hall–Kier alpha value is -2.57. The van der Waals surface area contributed by atoms with Gasteiger partial charge < -0.3 is 20.3 Å². The van der Waals surface area contributed by atoms with E-state index < -0.39 is 23.8 Å². The van der Waals surface area contributed by atoms with Gasteiger partial charge in [0.2, 0.25) is 11.8 Å². The van der Waals surface area contributed by atoms with Crippen molar-refractivity contribution in [3.05, 3.63) is 35.4 Å². The van der Waals surface area contributed by atoms with Gasteiger partial charge in [0, 0.05) is 12.6 Å². The lowest BCUT2D eigenvalue weighted by atomic mass is 9.98. The van der Waals surface area contributed by atoms with Crippen molar-refractivity contribution >= 4 is 17.9 Å². The van der Waals surface area contributed by atoms with Gasteiger partial charge in [0.25, 0.3) is 0 Å². The van der Waals surface area contributed by atoms with Crippen LogP contribution in [0.3, 0.4) is 0 Å². The molecule has 36 heavy (non-hydrogen) atoms. The van der Waals surface area contributed by atoms with Crippen LogP contribution >= 0.6 is 0 Å². The van der Waals surface area contributed by atoms with Gasteiger partial charge >= 0.3 is 6.09 Å². The number of nitrogens with one attached hydrogen (secondary N) is 2. The summed E-state index contributed by atoms with van der Waals surface area (Å²) in [5.74, 6) is -0.324. The number of hydrogen-bond acceptors (Lipinski definition) is 4. The van der Waals surface area contributed by atoms with E-state index in [4.69, 9.17) is 4.74 Å². The summed E-state index contributed by atoms with van der Waals surface area (Å²) in [7, 11) is 0. The molecule has 0 saturated heterocycles. The van der Waals surface area contributed by atoms with Crippen LogP contribution in [0.2, 0.25) is 0 Å². The molecule has 3 unspecified atom stereocenters. The number of amides is 3. The molecule has 0 aliphatic heterocycles. The fourth-order valence-corrected chi connectivity index (χ4v) is 4.09. The smallest absolute Gasteiger partial charge is 0.408 e. The third-order valence-corrected chi connectivity index (χ3v) is 5.80. The first-order chi connectivity index (χ1) is 16.8. The highest BCUT2D eigenvalue weighted by Crippen LogP contribution is 2.25. The van der Waals surface area contributed by atoms with Crippen molar-refractivity contribution in [1.82, 2.24) is 15.5 Å². The zero-order valence-corrected chi connectivity index (χ0v) is 23.9. The minimum atomic E-state index is -0.800. The lowest BCUT2D eigenvalue weighted by molar-refractivity contribution is -0.143. The maximum atomic E-state index is 14.1. The van der Waals surface area contributed by atoms with Crippen LogP contribution in [0.25, 0.3) is 0 Å². The molecule has 1 rings (SSSR count). The predicted octanol–water partition coefficient (Wildman–Crippen LogP) is 5.91. The van der Waals surface area contributed by atoms with Crippen LogP contribution in [0.15, 0.2) is 24.3 Å². The minimum Gasteiger partial charge on any atom is -0.444 e. The number of alkyl carbamates (subject to hydrolysis) is 1. The van der Waals surface area contributed by atoms with Gasteiger partial charge in [0.15, 0.2) is 0 Å². The van der Waals surface area contributed by atoms with Crippen molar-refractivity contribution in [3.8, 4) is 0 Å². The quantitative estimate of drug-likeness (QED) is 0.350. The summed E-state index contributed by atoms with van der Waals surface area (Å²) < 4.78 is 5.45. The Bertz CT molecular complexity index is 830. The minimum absolute atomic E-state index is 0.00933. The monoisotopic (exact) mass is 503 g/mol. The second-order valence-corrected chi connectivity index (χ2v) is 11.2. The topological polar surface area (TPSA) is 87.7 Å². The van der Waals surface area contributed by atoms with Crippen molar-refractivity contribution in [2.75, 3.05) is 6.54 Å². The molecule has 2 N–H and O–H groups in total. The van der Waals surface area contributed by atoms with Crippen LogP contribution in [-0.4, -0.2) is 47.0 Å². The summed E-state index contributed by atoms with van der Waals surface area (Å²) in [5.41, 5.74) is 1.15. The van der Waals surface area contributed by atoms with Crippen LogP contribution < -0.4 is 10.6 Å². The average Bonchev–Trinajstić information content (AvgIpc) is 2.75. The van der Waals surface area contributed by atoms with Gasteiger partial charge in [-0.1, -0.05) is 70.4 Å². The van der Waals surface area contributed by atoms with Crippen LogP contribution in [-0.2, 0) is 14.3 Å². The van der Waals surface area contributed by atoms with E-state index in [0.717, 1.165) is 36.8 Å². The Morgan fingerprint density at radius 3 is 2.08 bits per heavy atom. The molecule has 0 aliphatic rings. The standard InChI is InChI=1S/C29H49N3O4/c1-10-12-18-32(27(34)24(19-20(3)4)31-28(35)36-29(7,8)9)25(23-16-14-21(5)15-17-23)26(33)30-22(6)13-11-2/h14-17,20,22,24-25H,10-13,18-19H2,1-9H3,(H,30,33)(H,31,35). The normalized spacial score (nSPS) is 14.1. The summed E-state index contributed by atoms with van der Waals surface area (Å²) >= 11 is 0. The third-order valence-electron chi connectivity index (χ3n) is 5.80. The summed E-state index contributed by atoms with van der Waals surface area (Å²) in [4.78, 5) is 42.0. The van der Waals surface area contributed by atoms with E-state index in [1.165, 1.54) is 0 Å². The third kappa shape index (κ3) is 11.0. The molecule has 0 aliphatic carbocycles. The number of aryl methyl sites for hydroxylation is 1. The zero-order valence-electron chi connectivity index (χ0n) is 23.9. The molecule has 0 heterocycles. The highest BCUT2D eigenvalue weighted by atomic mass is 16.6. The molecule has 0 aromatic heterocycles. The van der Waals surface area contributed by atoms with Crippen LogP contribution in [0.1, 0.15) is 105 Å². The van der Waals surface area contributed by atoms with E-state index in [0.29, 0.717) is 13.0 Å². The molecule has 0 bridgehead atoms. The van der Waals surface area contributed by atoms with Gasteiger partial charge in [0.05, 0.1) is 0 Å². The zero-order chi connectivity index (χ0) is 27.5. The van der Waals surface area contributed by atoms with Gasteiger partial charge in [-0.25, -0.2) is 4.79 Å². The first-order valence-electron chi connectivity index (χ1n) is 13.5. The number of ether oxygens (including phenoxy) is 1. The Kier molecular flexibility index (Phi) is 13.0. The van der Waals surface area contributed by atoms with Crippen LogP contribution in [0, 0.1) is 12.8 Å². The number of nitrogens with zero attached hydrogens (tertiary/aromatic N) is 1. The van der Waals surface area contributed by atoms with Gasteiger partial charge in [-0.2, -0.15) is 0 Å². The molecule has 204 valence electrons. The highest BCUT2D eigenvalue weighted by Gasteiger charge is 2.36. The summed E-state index contributed by atoms with van der Waals surface area (Å²) in [6, 6.07) is 6.13. The molecular weight excluding hydrogens is 454 g/mol. The Morgan fingerprint density at radius 1 is 0.972 bits per heavy atom. The van der Waals surface area contributed by atoms with Crippen LogP contribution in [0.5, 0.6) is 0 Å². The Balaban J connectivity index is 3.44. The molecule has 7 heteroatoms. The molecule has 0 radical (unpaired) electrons. The molecule has 1 aromatic rings. The first-order valence-corrected chi connectivity index (χ1v) is 13.5. The second-order valence-electron chi connectivity index (χ2n) is 11.2. The second kappa shape index (κ2) is 14.9. The summed E-state index contributed by atoms with van der Waals surface area (Å²) in [5, 5.41) is 5.91. The lowest BCUT2D eigenvalue weighted by Gasteiger charge is -2.35. The van der Waals surface area contributed by atoms with E-state index in [9.17, 15) is 14.4 Å². The molecule has 3 amide bonds. The van der Waals surface area contributed by atoms with E-state index in [-0.39, 0.29) is 23.8 Å². The van der Waals surface area contributed by atoms with E-state index in [1.807, 2.05) is 52.0 Å². The maximum absolute atomic E-state index is 14.1. The van der Waals surface area contributed by atoms with Gasteiger partial charge in [0.1, 0.15) is 17.7 Å². The van der Waals surface area contributed by atoms with Crippen molar-refractivity contribution in [1.29, 1.82) is 0 Å².